The number of hydrogen-bond donors (Lipinski definition) is 0. The monoisotopic (exact) mass is 645 g/mol. The second-order valence-corrected chi connectivity index (χ2v) is 13.5. The molecule has 0 saturated carbocycles. The fraction of sp³-hybridized carbons (Fsp3) is 0. The van der Waals surface area contributed by atoms with Crippen LogP contribution in [0.25, 0.3) is 114 Å². The van der Waals surface area contributed by atoms with Crippen molar-refractivity contribution in [3.63, 3.8) is 0 Å². The Bertz CT molecular complexity index is 3240. The minimum atomic E-state index is 0.717. The predicted molar refractivity (Wildman–Crippen MR) is 216 cm³/mol. The average Bonchev–Trinajstić information content (AvgIpc) is 3.58. The van der Waals surface area contributed by atoms with Crippen LogP contribution < -0.4 is 0 Å². The van der Waals surface area contributed by atoms with E-state index < -0.39 is 0 Å². The first-order valence-electron chi connectivity index (χ1n) is 17.3. The van der Waals surface area contributed by atoms with Crippen LogP contribution in [0.15, 0.2) is 168 Å². The van der Waals surface area contributed by atoms with Gasteiger partial charge in [-0.2, -0.15) is 0 Å². The summed E-state index contributed by atoms with van der Waals surface area (Å²) in [6.45, 7) is 7.97. The van der Waals surface area contributed by atoms with E-state index in [1.165, 1.54) is 59.8 Å². The molecule has 2 nitrogen and oxygen atoms in total. The van der Waals surface area contributed by atoms with Crippen LogP contribution in [0.3, 0.4) is 0 Å². The van der Waals surface area contributed by atoms with Gasteiger partial charge in [-0.25, -0.2) is 4.85 Å². The molecule has 0 spiro atoms. The molecule has 234 valence electrons. The summed E-state index contributed by atoms with van der Waals surface area (Å²) in [5, 5.41) is 16.2. The van der Waals surface area contributed by atoms with E-state index in [2.05, 4.69) is 150 Å². The molecule has 0 N–H and O–H groups in total. The van der Waals surface area contributed by atoms with Crippen LogP contribution >= 0.6 is 0 Å². The summed E-state index contributed by atoms with van der Waals surface area (Å²) in [5.74, 6) is 0. The van der Waals surface area contributed by atoms with Crippen LogP contribution in [0.2, 0.25) is 0 Å². The van der Waals surface area contributed by atoms with Gasteiger partial charge in [0.1, 0.15) is 11.2 Å². The van der Waals surface area contributed by atoms with Gasteiger partial charge in [0.2, 0.25) is 5.69 Å². The van der Waals surface area contributed by atoms with Crippen LogP contribution in [0, 0.1) is 6.57 Å². The number of nitrogens with zero attached hydrogens (tertiary/aromatic N) is 1. The summed E-state index contributed by atoms with van der Waals surface area (Å²) in [4.78, 5) is 3.97. The smallest absolute Gasteiger partial charge is 0.202 e. The highest BCUT2D eigenvalue weighted by molar-refractivity contribution is 6.32. The Labute approximate surface area is 293 Å². The van der Waals surface area contributed by atoms with E-state index in [0.29, 0.717) is 5.69 Å². The predicted octanol–water partition coefficient (Wildman–Crippen LogP) is 14.4. The molecule has 0 fully saturated rings. The minimum absolute atomic E-state index is 0.717. The molecule has 2 heteroatoms. The van der Waals surface area contributed by atoms with Gasteiger partial charge >= 0.3 is 0 Å². The normalized spacial score (nSPS) is 11.9. The molecule has 10 aromatic carbocycles. The Morgan fingerprint density at radius 2 is 0.863 bits per heavy atom. The summed E-state index contributed by atoms with van der Waals surface area (Å²) in [6, 6.07) is 58.6. The standard InChI is InChI=1S/C49H27NO/c1-50-48-41-15-6-4-13-38(41)46(39-14-5-7-16-42(39)48)33-21-20-29-26-30(18-19-31(29)27-33)32-22-23-35-40-24-25-43-36-11-8-9-17-45(36)51-49(43)47(40)37-12-3-2-10-34(37)44(35)28-32/h2-28H. The zero-order valence-electron chi connectivity index (χ0n) is 27.4. The van der Waals surface area contributed by atoms with Gasteiger partial charge in [-0.15, -0.1) is 0 Å². The van der Waals surface area contributed by atoms with E-state index in [1.54, 1.807) is 0 Å². The molecule has 0 aliphatic carbocycles. The molecule has 0 radical (unpaired) electrons. The highest BCUT2D eigenvalue weighted by atomic mass is 16.3. The maximum atomic E-state index is 7.97. The quantitative estimate of drug-likeness (QED) is 0.104. The second-order valence-electron chi connectivity index (χ2n) is 13.5. The SMILES string of the molecule is [C-]#[N+]c1c2ccccc2c(-c2ccc3cc(-c4ccc5c(c4)c4ccccc4c4c5ccc5c6ccccc6oc54)ccc3c2)c2ccccc12. The second kappa shape index (κ2) is 10.5. The number of rotatable bonds is 2. The van der Waals surface area contributed by atoms with E-state index in [1.807, 2.05) is 18.2 Å². The minimum Gasteiger partial charge on any atom is -0.455 e. The lowest BCUT2D eigenvalue weighted by Gasteiger charge is -2.15. The molecule has 51 heavy (non-hydrogen) atoms. The number of furan rings is 1. The zero-order chi connectivity index (χ0) is 33.6. The van der Waals surface area contributed by atoms with Crippen molar-refractivity contribution in [1.82, 2.24) is 0 Å². The van der Waals surface area contributed by atoms with Crippen molar-refractivity contribution in [1.29, 1.82) is 0 Å². The molecule has 1 heterocycles. The molecular weight excluding hydrogens is 619 g/mol. The molecule has 1 aromatic heterocycles. The lowest BCUT2D eigenvalue weighted by molar-refractivity contribution is 0.673. The molecule has 0 bridgehead atoms. The van der Waals surface area contributed by atoms with Crippen LogP contribution in [0.1, 0.15) is 0 Å². The first kappa shape index (κ1) is 27.9. The average molecular weight is 646 g/mol. The topological polar surface area (TPSA) is 17.5 Å². The third-order valence-corrected chi connectivity index (χ3v) is 10.8. The highest BCUT2D eigenvalue weighted by Crippen LogP contribution is 2.45. The van der Waals surface area contributed by atoms with Crippen LogP contribution in [-0.4, -0.2) is 0 Å². The Balaban J connectivity index is 1.08. The summed E-state index contributed by atoms with van der Waals surface area (Å²) in [7, 11) is 0. The molecule has 0 amide bonds. The van der Waals surface area contributed by atoms with Crippen LogP contribution in [-0.2, 0) is 0 Å². The van der Waals surface area contributed by atoms with Gasteiger partial charge in [-0.05, 0) is 112 Å². The van der Waals surface area contributed by atoms with E-state index in [-0.39, 0.29) is 0 Å². The fourth-order valence-electron chi connectivity index (χ4n) is 8.52. The number of fused-ring (bicyclic) bond motifs is 13. The summed E-state index contributed by atoms with van der Waals surface area (Å²) < 4.78 is 6.53. The van der Waals surface area contributed by atoms with E-state index in [9.17, 15) is 0 Å². The van der Waals surface area contributed by atoms with Gasteiger partial charge in [-0.1, -0.05) is 133 Å². The summed E-state index contributed by atoms with van der Waals surface area (Å²) in [5.41, 5.74) is 7.29. The van der Waals surface area contributed by atoms with Gasteiger partial charge in [0.05, 0.1) is 6.57 Å². The molecule has 0 unspecified atom stereocenters. The number of benzene rings is 10. The highest BCUT2D eigenvalue weighted by Gasteiger charge is 2.18. The molecule has 11 rings (SSSR count). The van der Waals surface area contributed by atoms with Crippen LogP contribution in [0.5, 0.6) is 0 Å². The van der Waals surface area contributed by atoms with Gasteiger partial charge < -0.3 is 4.42 Å². The third kappa shape index (κ3) is 3.98. The number of para-hydroxylation sites is 1. The summed E-state index contributed by atoms with van der Waals surface area (Å²) >= 11 is 0. The van der Waals surface area contributed by atoms with E-state index in [4.69, 9.17) is 11.0 Å². The van der Waals surface area contributed by atoms with Crippen molar-refractivity contribution < 1.29 is 4.42 Å². The maximum absolute atomic E-state index is 7.97. The van der Waals surface area contributed by atoms with Crippen molar-refractivity contribution >= 4 is 92.3 Å². The van der Waals surface area contributed by atoms with Crippen molar-refractivity contribution in [2.24, 2.45) is 0 Å². The largest absolute Gasteiger partial charge is 0.455 e. The third-order valence-electron chi connectivity index (χ3n) is 10.8. The van der Waals surface area contributed by atoms with Gasteiger partial charge in [0.25, 0.3) is 0 Å². The van der Waals surface area contributed by atoms with Crippen molar-refractivity contribution in [3.05, 3.63) is 175 Å². The van der Waals surface area contributed by atoms with Crippen molar-refractivity contribution in [2.75, 3.05) is 0 Å². The van der Waals surface area contributed by atoms with Gasteiger partial charge in [-0.3, -0.25) is 0 Å². The molecular formula is C49H27NO. The number of hydrogen-bond acceptors (Lipinski definition) is 1. The lowest BCUT2D eigenvalue weighted by atomic mass is 9.89. The van der Waals surface area contributed by atoms with E-state index >= 15 is 0 Å². The molecule has 0 saturated heterocycles. The zero-order valence-corrected chi connectivity index (χ0v) is 27.4. The van der Waals surface area contributed by atoms with Crippen molar-refractivity contribution in [2.45, 2.75) is 0 Å². The lowest BCUT2D eigenvalue weighted by Crippen LogP contribution is -1.88. The Morgan fingerprint density at radius 3 is 1.59 bits per heavy atom. The fourth-order valence-corrected chi connectivity index (χ4v) is 8.52. The molecule has 0 aliphatic rings. The Morgan fingerprint density at radius 1 is 0.373 bits per heavy atom. The van der Waals surface area contributed by atoms with Crippen molar-refractivity contribution in [3.8, 4) is 22.3 Å². The summed E-state index contributed by atoms with van der Waals surface area (Å²) in [6.07, 6.45) is 0. The molecule has 0 aliphatic heterocycles. The maximum Gasteiger partial charge on any atom is 0.202 e. The molecule has 0 atom stereocenters. The van der Waals surface area contributed by atoms with E-state index in [0.717, 1.165) is 49.0 Å². The van der Waals surface area contributed by atoms with Crippen LogP contribution in [0.4, 0.5) is 5.69 Å². The Hall–Kier alpha value is -6.95. The first-order chi connectivity index (χ1) is 25.2. The van der Waals surface area contributed by atoms with Gasteiger partial charge in [0.15, 0.2) is 0 Å². The Kier molecular flexibility index (Phi) is 5.77. The first-order valence-corrected chi connectivity index (χ1v) is 17.3. The molecule has 11 aromatic rings. The van der Waals surface area contributed by atoms with Gasteiger partial charge in [0, 0.05) is 16.2 Å².